The van der Waals surface area contributed by atoms with Crippen molar-refractivity contribution in [2.75, 3.05) is 68.2 Å². The molecule has 3 aromatic rings. The summed E-state index contributed by atoms with van der Waals surface area (Å²) in [5, 5.41) is 18.0. The van der Waals surface area contributed by atoms with Crippen molar-refractivity contribution in [1.29, 1.82) is 0 Å². The molecule has 0 aliphatic heterocycles. The molecule has 0 spiro atoms. The molecule has 0 amide bonds. The summed E-state index contributed by atoms with van der Waals surface area (Å²) in [7, 11) is 8.16. The lowest BCUT2D eigenvalue weighted by Crippen LogP contribution is -2.69. The van der Waals surface area contributed by atoms with Gasteiger partial charge in [-0.05, 0) is 47.5 Å². The van der Waals surface area contributed by atoms with Gasteiger partial charge >= 0.3 is 0 Å². The topological polar surface area (TPSA) is 64.8 Å². The molecule has 0 atom stereocenters. The van der Waals surface area contributed by atoms with Crippen LogP contribution in [0.2, 0.25) is 0 Å². The highest BCUT2D eigenvalue weighted by Crippen LogP contribution is 2.23. The van der Waals surface area contributed by atoms with Gasteiger partial charge in [0.25, 0.3) is 0 Å². The Morgan fingerprint density at radius 1 is 0.682 bits per heavy atom. The molecule has 0 aliphatic carbocycles. The molecule has 0 bridgehead atoms. The summed E-state index contributed by atoms with van der Waals surface area (Å²) in [5.74, 6) is 2.13. The van der Waals surface area contributed by atoms with Crippen LogP contribution in [0.1, 0.15) is 16.8 Å². The number of pyridine rings is 1. The van der Waals surface area contributed by atoms with Crippen molar-refractivity contribution in [3.05, 3.63) is 120 Å². The first-order chi connectivity index (χ1) is 21.6. The number of aliphatic hydroxyl groups excluding tert-OH is 2. The molecule has 0 saturated heterocycles. The van der Waals surface area contributed by atoms with Crippen LogP contribution in [0.15, 0.2) is 103 Å². The third-order valence-electron chi connectivity index (χ3n) is 6.74. The van der Waals surface area contributed by atoms with Gasteiger partial charge in [0.1, 0.15) is 13.2 Å². The predicted octanol–water partition coefficient (Wildman–Crippen LogP) is 4.36. The summed E-state index contributed by atoms with van der Waals surface area (Å²) >= 11 is 0. The van der Waals surface area contributed by atoms with Gasteiger partial charge in [0.05, 0.1) is 0 Å². The molecule has 8 heteroatoms. The van der Waals surface area contributed by atoms with Gasteiger partial charge in [-0.2, -0.15) is 4.57 Å². The Kier molecular flexibility index (Phi) is 16.8. The van der Waals surface area contributed by atoms with E-state index in [-0.39, 0.29) is 13.2 Å². The second-order valence-electron chi connectivity index (χ2n) is 10.0. The molecule has 0 aliphatic rings. The van der Waals surface area contributed by atoms with Crippen LogP contribution in [0, 0.1) is 0 Å². The van der Waals surface area contributed by atoms with Crippen LogP contribution in [0.5, 0.6) is 0 Å². The van der Waals surface area contributed by atoms with E-state index in [2.05, 4.69) is 102 Å². The number of allylic oxidation sites excluding steroid dienone is 5. The van der Waals surface area contributed by atoms with Crippen LogP contribution in [0.4, 0.5) is 11.4 Å². The molecule has 1 heterocycles. The zero-order valence-electron chi connectivity index (χ0n) is 25.8. The van der Waals surface area contributed by atoms with Gasteiger partial charge in [-0.25, -0.2) is 4.99 Å². The van der Waals surface area contributed by atoms with Gasteiger partial charge in [-0.1, -0.05) is 76.2 Å². The number of anilines is 2. The van der Waals surface area contributed by atoms with Crippen molar-refractivity contribution >= 4 is 57.4 Å². The van der Waals surface area contributed by atoms with Gasteiger partial charge < -0.3 is 20.0 Å². The third-order valence-corrected chi connectivity index (χ3v) is 9.10. The highest BCUT2D eigenvalue weighted by molar-refractivity contribution is 8.76. The second kappa shape index (κ2) is 21.2. The molecule has 0 fully saturated rings. The average molecular weight is 631 g/mol. The van der Waals surface area contributed by atoms with Crippen LogP contribution < -0.4 is 19.4 Å². The maximum Gasteiger partial charge on any atom is 0.205 e. The fraction of sp³-hybridized carbons (Fsp3) is 0.278. The average Bonchev–Trinajstić information content (AvgIpc) is 3.05. The fourth-order valence-corrected chi connectivity index (χ4v) is 6.26. The largest absolute Gasteiger partial charge is 0.390 e. The number of aromatic nitrogens is 1. The van der Waals surface area contributed by atoms with Gasteiger partial charge in [0.15, 0.2) is 25.5 Å². The molecule has 44 heavy (non-hydrogen) atoms. The van der Waals surface area contributed by atoms with Crippen molar-refractivity contribution in [3.8, 4) is 0 Å². The number of nitrogens with zero attached hydrogens (tertiary/aromatic N) is 3. The van der Waals surface area contributed by atoms with E-state index in [0.29, 0.717) is 13.1 Å². The molecule has 0 radical (unpaired) electrons. The molecule has 3 rings (SSSR count). The monoisotopic (exact) mass is 630 g/mol. The molecular formula is C36H46N4O2S2+2. The molecular weight excluding hydrogens is 585 g/mol. The Labute approximate surface area is 271 Å². The fourth-order valence-electron chi connectivity index (χ4n) is 4.17. The van der Waals surface area contributed by atoms with Crippen LogP contribution in [0.25, 0.3) is 18.2 Å². The van der Waals surface area contributed by atoms with Gasteiger partial charge in [0.2, 0.25) is 5.69 Å². The zero-order chi connectivity index (χ0) is 31.2. The Morgan fingerprint density at radius 2 is 1.27 bits per heavy atom. The van der Waals surface area contributed by atoms with Gasteiger partial charge in [-0.15, -0.1) is 0 Å². The van der Waals surface area contributed by atoms with E-state index in [1.54, 1.807) is 0 Å². The molecule has 1 aromatic heterocycles. The van der Waals surface area contributed by atoms with Crippen molar-refractivity contribution in [2.45, 2.75) is 6.54 Å². The minimum atomic E-state index is 0.127. The van der Waals surface area contributed by atoms with Crippen LogP contribution in [0.3, 0.4) is 0 Å². The minimum absolute atomic E-state index is 0.127. The minimum Gasteiger partial charge on any atom is -0.390 e. The normalized spacial score (nSPS) is 12.1. The van der Waals surface area contributed by atoms with Crippen LogP contribution in [-0.2, 0) is 6.54 Å². The van der Waals surface area contributed by atoms with E-state index in [9.17, 15) is 5.11 Å². The number of hydrogen-bond donors (Lipinski definition) is 3. The lowest BCUT2D eigenvalue weighted by molar-refractivity contribution is -0.699. The number of hydrogen-bond acceptors (Lipinski definition) is 6. The SMILES string of the molecule is CN(CCSSCCN(C)c1ccc(/C=C/c2cccc[n+]2CCO)cc1)c1ccc(/C=C/C=C/C=C\C=[NH+]CCO)cc1. The summed E-state index contributed by atoms with van der Waals surface area (Å²) in [4.78, 5) is 7.59. The van der Waals surface area contributed by atoms with Crippen molar-refractivity contribution in [3.63, 3.8) is 0 Å². The molecule has 0 saturated carbocycles. The van der Waals surface area contributed by atoms with Gasteiger partial charge in [0, 0.05) is 74.4 Å². The second-order valence-corrected chi connectivity index (χ2v) is 12.7. The Bertz CT molecular complexity index is 1370. The maximum atomic E-state index is 9.28. The Balaban J connectivity index is 1.31. The quantitative estimate of drug-likeness (QED) is 0.0602. The Hall–Kier alpha value is -3.56. The van der Waals surface area contributed by atoms with Gasteiger partial charge in [-0.3, -0.25) is 0 Å². The maximum absolute atomic E-state index is 9.28. The van der Waals surface area contributed by atoms with Crippen molar-refractivity contribution in [1.82, 2.24) is 0 Å². The molecule has 6 nitrogen and oxygen atoms in total. The first-order valence-corrected chi connectivity index (χ1v) is 17.4. The molecule has 232 valence electrons. The highest BCUT2D eigenvalue weighted by atomic mass is 33.1. The third kappa shape index (κ3) is 13.4. The van der Waals surface area contributed by atoms with E-state index in [1.807, 2.05) is 81.1 Å². The number of nitrogens with one attached hydrogen (secondary N) is 1. The lowest BCUT2D eigenvalue weighted by atomic mass is 10.1. The van der Waals surface area contributed by atoms with E-state index >= 15 is 0 Å². The summed E-state index contributed by atoms with van der Waals surface area (Å²) < 4.78 is 2.05. The smallest absolute Gasteiger partial charge is 0.205 e. The van der Waals surface area contributed by atoms with E-state index < -0.39 is 0 Å². The predicted molar refractivity (Wildman–Crippen MR) is 193 cm³/mol. The summed E-state index contributed by atoms with van der Waals surface area (Å²) in [5.41, 5.74) is 5.84. The lowest BCUT2D eigenvalue weighted by Gasteiger charge is -2.20. The standard InChI is InChI=1S/C36H45N4O2S2/c1-38(34-17-12-32(13-18-34)10-6-4-3-5-8-22-37-23-28-41)26-30-43-44-31-27-39(2)35-19-14-33(15-20-35)16-21-36-11-7-9-24-40(36)25-29-42/h3-22,24,41-42H,23,25-31H2,1-2H3/q+1/p+1/b4-3+,8-5-,10-6+,37-22?. The molecule has 2 aromatic carbocycles. The van der Waals surface area contributed by atoms with Crippen LogP contribution >= 0.6 is 21.6 Å². The van der Waals surface area contributed by atoms with E-state index in [0.717, 1.165) is 35.9 Å². The first kappa shape index (κ1) is 34.9. The van der Waals surface area contributed by atoms with Crippen molar-refractivity contribution in [2.24, 2.45) is 0 Å². The summed E-state index contributed by atoms with van der Waals surface area (Å²) in [6.45, 7) is 3.41. The zero-order valence-corrected chi connectivity index (χ0v) is 27.5. The number of aliphatic hydroxyl groups is 2. The number of rotatable bonds is 19. The van der Waals surface area contributed by atoms with Crippen molar-refractivity contribution < 1.29 is 19.8 Å². The molecule has 0 unspecified atom stereocenters. The first-order valence-electron chi connectivity index (χ1n) is 14.9. The Morgan fingerprint density at radius 3 is 1.89 bits per heavy atom. The van der Waals surface area contributed by atoms with E-state index in [1.165, 1.54) is 16.9 Å². The van der Waals surface area contributed by atoms with E-state index in [4.69, 9.17) is 5.11 Å². The summed E-state index contributed by atoms with van der Waals surface area (Å²) in [6.07, 6.45) is 20.0. The highest BCUT2D eigenvalue weighted by Gasteiger charge is 2.06. The van der Waals surface area contributed by atoms with Crippen LogP contribution in [-0.4, -0.2) is 74.9 Å². The number of benzene rings is 2. The molecule has 3 N–H and O–H groups in total. The summed E-state index contributed by atoms with van der Waals surface area (Å²) in [6, 6.07) is 23.4.